The lowest BCUT2D eigenvalue weighted by Gasteiger charge is -2.26. The first-order valence-corrected chi connectivity index (χ1v) is 5.87. The van der Waals surface area contributed by atoms with Crippen molar-refractivity contribution in [2.75, 3.05) is 0 Å². The van der Waals surface area contributed by atoms with Gasteiger partial charge in [-0.3, -0.25) is 4.79 Å². The van der Waals surface area contributed by atoms with E-state index in [4.69, 9.17) is 0 Å². The minimum Gasteiger partial charge on any atom is -0.299 e. The summed E-state index contributed by atoms with van der Waals surface area (Å²) in [7, 11) is 0. The first-order valence-electron chi connectivity index (χ1n) is 5.87. The van der Waals surface area contributed by atoms with Crippen LogP contribution in [0.4, 0.5) is 0 Å². The van der Waals surface area contributed by atoms with Crippen LogP contribution in [0.15, 0.2) is 12.2 Å². The Morgan fingerprint density at radius 1 is 1.07 bits per heavy atom. The molecule has 0 aliphatic carbocycles. The number of rotatable bonds is 5. The van der Waals surface area contributed by atoms with Crippen molar-refractivity contribution in [3.8, 4) is 0 Å². The highest BCUT2D eigenvalue weighted by Gasteiger charge is 2.29. The maximum absolute atomic E-state index is 12.0. The van der Waals surface area contributed by atoms with Crippen LogP contribution in [0.1, 0.15) is 60.8 Å². The van der Waals surface area contributed by atoms with Crippen LogP contribution in [0.2, 0.25) is 0 Å². The summed E-state index contributed by atoms with van der Waals surface area (Å²) in [6.45, 7) is 12.5. The van der Waals surface area contributed by atoms with Gasteiger partial charge in [-0.05, 0) is 18.3 Å². The van der Waals surface area contributed by atoms with Gasteiger partial charge in [0.25, 0.3) is 0 Å². The Morgan fingerprint density at radius 3 is 2.00 bits per heavy atom. The normalized spacial score (nSPS) is 13.5. The summed E-state index contributed by atoms with van der Waals surface area (Å²) in [4.78, 5) is 12.0. The van der Waals surface area contributed by atoms with Gasteiger partial charge in [0.1, 0.15) is 5.78 Å². The average molecular weight is 210 g/mol. The van der Waals surface area contributed by atoms with E-state index in [2.05, 4.69) is 39.8 Å². The standard InChI is InChI=1S/C14H26O/c1-7-8-9-10-14(5,6)12(15)11-13(2,3)4/h8-9H,7,10-11H2,1-6H3/b9-8-. The second-order valence-corrected chi connectivity index (χ2v) is 6.13. The van der Waals surface area contributed by atoms with Gasteiger partial charge in [0.05, 0.1) is 0 Å². The van der Waals surface area contributed by atoms with Crippen molar-refractivity contribution in [2.45, 2.75) is 60.8 Å². The monoisotopic (exact) mass is 210 g/mol. The largest absolute Gasteiger partial charge is 0.299 e. The van der Waals surface area contributed by atoms with Gasteiger partial charge in [0, 0.05) is 11.8 Å². The van der Waals surface area contributed by atoms with E-state index in [9.17, 15) is 4.79 Å². The van der Waals surface area contributed by atoms with Gasteiger partial charge in [-0.25, -0.2) is 0 Å². The Bertz CT molecular complexity index is 228. The fourth-order valence-electron chi connectivity index (χ4n) is 1.38. The van der Waals surface area contributed by atoms with Crippen molar-refractivity contribution in [3.05, 3.63) is 12.2 Å². The molecule has 1 heteroatoms. The molecule has 0 rings (SSSR count). The predicted molar refractivity (Wildman–Crippen MR) is 66.9 cm³/mol. The number of carbonyl (C=O) groups excluding carboxylic acids is 1. The zero-order valence-corrected chi connectivity index (χ0v) is 11.2. The molecule has 15 heavy (non-hydrogen) atoms. The van der Waals surface area contributed by atoms with Crippen molar-refractivity contribution in [1.29, 1.82) is 0 Å². The molecule has 0 amide bonds. The van der Waals surface area contributed by atoms with Crippen molar-refractivity contribution in [2.24, 2.45) is 10.8 Å². The zero-order chi connectivity index (χ0) is 12.1. The molecule has 0 aromatic rings. The molecule has 0 bridgehead atoms. The smallest absolute Gasteiger partial charge is 0.139 e. The van der Waals surface area contributed by atoms with Gasteiger partial charge in [-0.15, -0.1) is 0 Å². The fraction of sp³-hybridized carbons (Fsp3) is 0.786. The van der Waals surface area contributed by atoms with Crippen LogP contribution < -0.4 is 0 Å². The molecule has 0 radical (unpaired) electrons. The van der Waals surface area contributed by atoms with E-state index in [1.165, 1.54) is 0 Å². The molecule has 0 aliphatic rings. The summed E-state index contributed by atoms with van der Waals surface area (Å²) in [6, 6.07) is 0. The molecule has 88 valence electrons. The van der Waals surface area contributed by atoms with E-state index in [0.717, 1.165) is 12.8 Å². The summed E-state index contributed by atoms with van der Waals surface area (Å²) in [6.07, 6.45) is 6.83. The predicted octanol–water partition coefficient (Wildman–Crippen LogP) is 4.37. The third-order valence-electron chi connectivity index (χ3n) is 2.48. The zero-order valence-electron chi connectivity index (χ0n) is 11.2. The average Bonchev–Trinajstić information content (AvgIpc) is 2.01. The summed E-state index contributed by atoms with van der Waals surface area (Å²) in [5.74, 6) is 0.371. The minimum absolute atomic E-state index is 0.100. The highest BCUT2D eigenvalue weighted by Crippen LogP contribution is 2.30. The van der Waals surface area contributed by atoms with Crippen LogP contribution >= 0.6 is 0 Å². The van der Waals surface area contributed by atoms with Crippen molar-refractivity contribution in [3.63, 3.8) is 0 Å². The molecule has 0 saturated heterocycles. The summed E-state index contributed by atoms with van der Waals surface area (Å²) in [5, 5.41) is 0. The maximum Gasteiger partial charge on any atom is 0.139 e. The summed E-state index contributed by atoms with van der Waals surface area (Å²) >= 11 is 0. The number of carbonyl (C=O) groups is 1. The van der Waals surface area contributed by atoms with E-state index in [0.29, 0.717) is 12.2 Å². The lowest BCUT2D eigenvalue weighted by molar-refractivity contribution is -0.128. The Balaban J connectivity index is 4.32. The van der Waals surface area contributed by atoms with Gasteiger partial charge >= 0.3 is 0 Å². The van der Waals surface area contributed by atoms with Crippen LogP contribution in [-0.2, 0) is 4.79 Å². The second kappa shape index (κ2) is 5.48. The van der Waals surface area contributed by atoms with Crippen molar-refractivity contribution < 1.29 is 4.79 Å². The Labute approximate surface area is 95.0 Å². The molecule has 0 heterocycles. The van der Waals surface area contributed by atoms with Crippen LogP contribution in [0.5, 0.6) is 0 Å². The van der Waals surface area contributed by atoms with Gasteiger partial charge < -0.3 is 0 Å². The number of hydrogen-bond acceptors (Lipinski definition) is 1. The summed E-state index contributed by atoms with van der Waals surface area (Å²) < 4.78 is 0. The maximum atomic E-state index is 12.0. The van der Waals surface area contributed by atoms with Gasteiger partial charge in [0.2, 0.25) is 0 Å². The second-order valence-electron chi connectivity index (χ2n) is 6.13. The number of Topliss-reactive ketones (excluding diaryl/α,β-unsaturated/α-hetero) is 1. The van der Waals surface area contributed by atoms with E-state index in [-0.39, 0.29) is 10.8 Å². The van der Waals surface area contributed by atoms with Crippen LogP contribution in [-0.4, -0.2) is 5.78 Å². The van der Waals surface area contributed by atoms with Crippen molar-refractivity contribution >= 4 is 5.78 Å². The van der Waals surface area contributed by atoms with Gasteiger partial charge in [0.15, 0.2) is 0 Å². The number of hydrogen-bond donors (Lipinski definition) is 0. The van der Waals surface area contributed by atoms with E-state index >= 15 is 0 Å². The first-order chi connectivity index (χ1) is 6.69. The fourth-order valence-corrected chi connectivity index (χ4v) is 1.38. The van der Waals surface area contributed by atoms with Crippen LogP contribution in [0.3, 0.4) is 0 Å². The Hall–Kier alpha value is -0.590. The van der Waals surface area contributed by atoms with Crippen LogP contribution in [0.25, 0.3) is 0 Å². The topological polar surface area (TPSA) is 17.1 Å². The van der Waals surface area contributed by atoms with E-state index < -0.39 is 0 Å². The highest BCUT2D eigenvalue weighted by atomic mass is 16.1. The molecule has 0 aromatic carbocycles. The molecule has 0 unspecified atom stereocenters. The quantitative estimate of drug-likeness (QED) is 0.616. The van der Waals surface area contributed by atoms with Gasteiger partial charge in [-0.1, -0.05) is 53.7 Å². The summed E-state index contributed by atoms with van der Waals surface area (Å²) in [5.41, 5.74) is -0.109. The van der Waals surface area contributed by atoms with Crippen molar-refractivity contribution in [1.82, 2.24) is 0 Å². The third kappa shape index (κ3) is 6.48. The molecular weight excluding hydrogens is 184 g/mol. The molecule has 0 spiro atoms. The molecular formula is C14H26O. The minimum atomic E-state index is -0.209. The SMILES string of the molecule is CC/C=C\CC(C)(C)C(=O)CC(C)(C)C. The molecule has 1 nitrogen and oxygen atoms in total. The number of allylic oxidation sites excluding steroid dienone is 2. The molecule has 0 aromatic heterocycles. The van der Waals surface area contributed by atoms with E-state index in [1.54, 1.807) is 0 Å². The molecule has 0 fully saturated rings. The first kappa shape index (κ1) is 14.4. The Morgan fingerprint density at radius 2 is 1.60 bits per heavy atom. The molecule has 0 atom stereocenters. The van der Waals surface area contributed by atoms with Crippen LogP contribution in [0, 0.1) is 10.8 Å². The third-order valence-corrected chi connectivity index (χ3v) is 2.48. The van der Waals surface area contributed by atoms with Gasteiger partial charge in [-0.2, -0.15) is 0 Å². The van der Waals surface area contributed by atoms with E-state index in [1.807, 2.05) is 13.8 Å². The lowest BCUT2D eigenvalue weighted by atomic mass is 9.77. The molecule has 0 aliphatic heterocycles. The Kier molecular flexibility index (Phi) is 5.27. The molecule has 0 saturated carbocycles. The number of ketones is 1. The molecule has 0 N–H and O–H groups in total. The highest BCUT2D eigenvalue weighted by molar-refractivity contribution is 5.84. The lowest BCUT2D eigenvalue weighted by Crippen LogP contribution is -2.27.